The van der Waals surface area contributed by atoms with Crippen LogP contribution in [0.15, 0.2) is 92.5 Å². The van der Waals surface area contributed by atoms with E-state index in [-0.39, 0.29) is 17.1 Å². The second-order valence-electron chi connectivity index (χ2n) is 7.15. The Hall–Kier alpha value is -4.12. The zero-order valence-corrected chi connectivity index (χ0v) is 16.1. The van der Waals surface area contributed by atoms with Crippen molar-refractivity contribution >= 4 is 33.5 Å². The number of carbonyl (C=O) groups is 1. The molecule has 5 aromatic rings. The highest BCUT2D eigenvalue weighted by atomic mass is 16.3. The third-order valence-corrected chi connectivity index (χ3v) is 4.97. The van der Waals surface area contributed by atoms with Gasteiger partial charge in [-0.2, -0.15) is 0 Å². The lowest BCUT2D eigenvalue weighted by molar-refractivity contribution is 0.0998. The minimum Gasteiger partial charge on any atom is -0.456 e. The summed E-state index contributed by atoms with van der Waals surface area (Å²) >= 11 is 0. The molecule has 5 rings (SSSR count). The smallest absolute Gasteiger partial charge is 0.291 e. The molecule has 30 heavy (non-hydrogen) atoms. The lowest BCUT2D eigenvalue weighted by Crippen LogP contribution is -2.11. The Kier molecular flexibility index (Phi) is 4.21. The van der Waals surface area contributed by atoms with Crippen LogP contribution in [0.3, 0.4) is 0 Å². The number of nitrogens with one attached hydrogen (secondary N) is 1. The largest absolute Gasteiger partial charge is 0.456 e. The second-order valence-corrected chi connectivity index (χ2v) is 7.15. The van der Waals surface area contributed by atoms with Crippen LogP contribution in [0.4, 0.5) is 5.69 Å². The van der Waals surface area contributed by atoms with E-state index in [0.29, 0.717) is 28.0 Å². The zero-order valence-electron chi connectivity index (χ0n) is 16.1. The zero-order chi connectivity index (χ0) is 20.7. The molecule has 146 valence electrons. The molecule has 0 unspecified atom stereocenters. The molecule has 3 aromatic carbocycles. The Labute approximate surface area is 171 Å². The summed E-state index contributed by atoms with van der Waals surface area (Å²) < 4.78 is 11.5. The van der Waals surface area contributed by atoms with Crippen molar-refractivity contribution in [1.29, 1.82) is 0 Å². The third kappa shape index (κ3) is 3.26. The van der Waals surface area contributed by atoms with Crippen LogP contribution in [-0.4, -0.2) is 5.91 Å². The van der Waals surface area contributed by atoms with Gasteiger partial charge in [0.1, 0.15) is 16.9 Å². The second kappa shape index (κ2) is 7.04. The maximum atomic E-state index is 12.7. The highest BCUT2D eigenvalue weighted by Crippen LogP contribution is 2.25. The standard InChI is InChI=1S/C25H17NO4/c1-15-6-8-16(9-7-15)23-14-20(27)19-13-18(10-11-22(19)30-23)26-25(28)24-12-17-4-2-3-5-21(17)29-24/h2-14H,1H3,(H,26,28). The number of para-hydroxylation sites is 1. The van der Waals surface area contributed by atoms with E-state index in [2.05, 4.69) is 5.32 Å². The molecule has 0 saturated carbocycles. The summed E-state index contributed by atoms with van der Waals surface area (Å²) in [6.07, 6.45) is 0. The monoisotopic (exact) mass is 395 g/mol. The maximum Gasteiger partial charge on any atom is 0.291 e. The molecule has 0 aliphatic rings. The van der Waals surface area contributed by atoms with Crippen molar-refractivity contribution in [2.75, 3.05) is 5.32 Å². The van der Waals surface area contributed by atoms with Gasteiger partial charge >= 0.3 is 0 Å². The summed E-state index contributed by atoms with van der Waals surface area (Å²) in [6.45, 7) is 2.00. The molecule has 0 aliphatic carbocycles. The molecular formula is C25H17NO4. The number of amides is 1. The van der Waals surface area contributed by atoms with Crippen LogP contribution >= 0.6 is 0 Å². The molecule has 0 spiro atoms. The van der Waals surface area contributed by atoms with Gasteiger partial charge < -0.3 is 14.2 Å². The topological polar surface area (TPSA) is 72.5 Å². The van der Waals surface area contributed by atoms with E-state index in [4.69, 9.17) is 8.83 Å². The van der Waals surface area contributed by atoms with Crippen molar-refractivity contribution in [3.8, 4) is 11.3 Å². The first kappa shape index (κ1) is 17.9. The van der Waals surface area contributed by atoms with Gasteiger partial charge in [0.2, 0.25) is 0 Å². The van der Waals surface area contributed by atoms with E-state index in [1.54, 1.807) is 30.3 Å². The predicted octanol–water partition coefficient (Wildman–Crippen LogP) is 5.77. The van der Waals surface area contributed by atoms with Crippen LogP contribution in [0.2, 0.25) is 0 Å². The van der Waals surface area contributed by atoms with E-state index in [9.17, 15) is 9.59 Å². The molecule has 0 fully saturated rings. The molecule has 2 heterocycles. The van der Waals surface area contributed by atoms with Crippen LogP contribution in [-0.2, 0) is 0 Å². The number of carbonyl (C=O) groups excluding carboxylic acids is 1. The Morgan fingerprint density at radius 3 is 2.43 bits per heavy atom. The van der Waals surface area contributed by atoms with Crippen molar-refractivity contribution < 1.29 is 13.6 Å². The van der Waals surface area contributed by atoms with Crippen molar-refractivity contribution in [2.24, 2.45) is 0 Å². The molecule has 1 amide bonds. The first-order valence-electron chi connectivity index (χ1n) is 9.52. The first-order valence-corrected chi connectivity index (χ1v) is 9.52. The molecule has 2 aromatic heterocycles. The summed E-state index contributed by atoms with van der Waals surface area (Å²) in [7, 11) is 0. The van der Waals surface area contributed by atoms with Gasteiger partial charge in [-0.15, -0.1) is 0 Å². The van der Waals surface area contributed by atoms with Crippen molar-refractivity contribution in [2.45, 2.75) is 6.92 Å². The fraction of sp³-hybridized carbons (Fsp3) is 0.0400. The van der Waals surface area contributed by atoms with Crippen LogP contribution in [0.5, 0.6) is 0 Å². The molecule has 0 radical (unpaired) electrons. The van der Waals surface area contributed by atoms with Gasteiger partial charge in [0.05, 0.1) is 5.39 Å². The van der Waals surface area contributed by atoms with Gasteiger partial charge in [0.25, 0.3) is 5.91 Å². The highest BCUT2D eigenvalue weighted by Gasteiger charge is 2.14. The number of furan rings is 1. The van der Waals surface area contributed by atoms with Crippen LogP contribution in [0.25, 0.3) is 33.3 Å². The van der Waals surface area contributed by atoms with E-state index in [1.165, 1.54) is 6.07 Å². The molecule has 0 atom stereocenters. The van der Waals surface area contributed by atoms with Crippen LogP contribution in [0.1, 0.15) is 16.1 Å². The average molecular weight is 395 g/mol. The average Bonchev–Trinajstić information content (AvgIpc) is 3.19. The van der Waals surface area contributed by atoms with Gasteiger partial charge in [-0.25, -0.2) is 0 Å². The fourth-order valence-electron chi connectivity index (χ4n) is 3.38. The van der Waals surface area contributed by atoms with Crippen LogP contribution < -0.4 is 10.7 Å². The third-order valence-electron chi connectivity index (χ3n) is 4.97. The summed E-state index contributed by atoms with van der Waals surface area (Å²) in [4.78, 5) is 25.2. The molecule has 1 N–H and O–H groups in total. The number of hydrogen-bond donors (Lipinski definition) is 1. The fourth-order valence-corrected chi connectivity index (χ4v) is 3.38. The van der Waals surface area contributed by atoms with Gasteiger partial charge in [-0.3, -0.25) is 9.59 Å². The van der Waals surface area contributed by atoms with Gasteiger partial charge in [0.15, 0.2) is 11.2 Å². The minimum absolute atomic E-state index is 0.174. The number of hydrogen-bond acceptors (Lipinski definition) is 4. The number of aryl methyl sites for hydroxylation is 1. The minimum atomic E-state index is -0.383. The number of fused-ring (bicyclic) bond motifs is 2. The summed E-state index contributed by atoms with van der Waals surface area (Å²) in [5, 5.41) is 4.03. The Morgan fingerprint density at radius 2 is 1.63 bits per heavy atom. The van der Waals surface area contributed by atoms with E-state index in [0.717, 1.165) is 16.5 Å². The maximum absolute atomic E-state index is 12.7. The Balaban J connectivity index is 1.46. The van der Waals surface area contributed by atoms with Gasteiger partial charge in [0, 0.05) is 22.7 Å². The number of anilines is 1. The van der Waals surface area contributed by atoms with E-state index >= 15 is 0 Å². The SMILES string of the molecule is Cc1ccc(-c2cc(=O)c3cc(NC(=O)c4cc5ccccc5o4)ccc3o2)cc1. The van der Waals surface area contributed by atoms with Crippen LogP contribution in [0, 0.1) is 6.92 Å². The number of rotatable bonds is 3. The molecule has 0 aliphatic heterocycles. The lowest BCUT2D eigenvalue weighted by Gasteiger charge is -2.07. The Bertz CT molecular complexity index is 1430. The molecule has 5 nitrogen and oxygen atoms in total. The quantitative estimate of drug-likeness (QED) is 0.421. The van der Waals surface area contributed by atoms with E-state index < -0.39 is 0 Å². The summed E-state index contributed by atoms with van der Waals surface area (Å²) in [6, 6.07) is 23.3. The van der Waals surface area contributed by atoms with Crippen molar-refractivity contribution in [1.82, 2.24) is 0 Å². The lowest BCUT2D eigenvalue weighted by atomic mass is 10.1. The summed E-state index contributed by atoms with van der Waals surface area (Å²) in [5.41, 5.74) is 3.38. The summed E-state index contributed by atoms with van der Waals surface area (Å²) in [5.74, 6) is 0.329. The predicted molar refractivity (Wildman–Crippen MR) is 117 cm³/mol. The van der Waals surface area contributed by atoms with E-state index in [1.807, 2.05) is 49.4 Å². The van der Waals surface area contributed by atoms with Crippen molar-refractivity contribution in [3.05, 3.63) is 100 Å². The molecule has 0 saturated heterocycles. The van der Waals surface area contributed by atoms with Gasteiger partial charge in [-0.05, 0) is 37.3 Å². The highest BCUT2D eigenvalue weighted by molar-refractivity contribution is 6.05. The normalized spacial score (nSPS) is 11.1. The first-order chi connectivity index (χ1) is 14.6. The van der Waals surface area contributed by atoms with Crippen molar-refractivity contribution in [3.63, 3.8) is 0 Å². The van der Waals surface area contributed by atoms with Gasteiger partial charge in [-0.1, -0.05) is 48.0 Å². The molecule has 5 heteroatoms. The molecule has 0 bridgehead atoms. The molecular weight excluding hydrogens is 378 g/mol. The number of benzene rings is 3. The Morgan fingerprint density at radius 1 is 0.833 bits per heavy atom.